The van der Waals surface area contributed by atoms with Crippen LogP contribution in [-0.4, -0.2) is 12.6 Å². The lowest BCUT2D eigenvalue weighted by molar-refractivity contribution is 0.193. The summed E-state index contributed by atoms with van der Waals surface area (Å²) < 4.78 is 0. The van der Waals surface area contributed by atoms with Crippen molar-refractivity contribution >= 4 is 0 Å². The van der Waals surface area contributed by atoms with E-state index in [0.29, 0.717) is 5.41 Å². The van der Waals surface area contributed by atoms with Crippen LogP contribution in [0.15, 0.2) is 0 Å². The normalized spacial score (nSPS) is 29.6. The summed E-state index contributed by atoms with van der Waals surface area (Å²) in [5, 5.41) is 3.39. The van der Waals surface area contributed by atoms with Crippen LogP contribution in [0.4, 0.5) is 0 Å². The van der Waals surface area contributed by atoms with Crippen LogP contribution in [0, 0.1) is 5.41 Å². The first-order valence-electron chi connectivity index (χ1n) is 3.34. The van der Waals surface area contributed by atoms with Crippen molar-refractivity contribution in [3.05, 3.63) is 0 Å². The Morgan fingerprint density at radius 3 is 1.88 bits per heavy atom. The Hall–Kier alpha value is -0.0400. The first-order valence-corrected chi connectivity index (χ1v) is 3.34. The van der Waals surface area contributed by atoms with E-state index in [-0.39, 0.29) is 0 Å². The molecule has 0 radical (unpaired) electrons. The van der Waals surface area contributed by atoms with Crippen molar-refractivity contribution in [3.8, 4) is 0 Å². The van der Waals surface area contributed by atoms with Gasteiger partial charge in [-0.3, -0.25) is 0 Å². The van der Waals surface area contributed by atoms with Gasteiger partial charge in [-0.25, -0.2) is 0 Å². The second-order valence-electron chi connectivity index (χ2n) is 3.66. The maximum absolute atomic E-state index is 3.39. The van der Waals surface area contributed by atoms with Crippen molar-refractivity contribution in [2.75, 3.05) is 6.54 Å². The van der Waals surface area contributed by atoms with E-state index in [1.54, 1.807) is 0 Å². The van der Waals surface area contributed by atoms with Gasteiger partial charge in [-0.2, -0.15) is 0 Å². The molecule has 1 aliphatic heterocycles. The molecule has 1 heteroatoms. The SMILES string of the molecule is CC(C)(C)[C@H]1CCN1. The van der Waals surface area contributed by atoms with Crippen LogP contribution in [0.25, 0.3) is 0 Å². The van der Waals surface area contributed by atoms with Gasteiger partial charge >= 0.3 is 0 Å². The van der Waals surface area contributed by atoms with Crippen LogP contribution in [-0.2, 0) is 0 Å². The van der Waals surface area contributed by atoms with Gasteiger partial charge in [0.15, 0.2) is 0 Å². The minimum Gasteiger partial charge on any atom is -0.313 e. The average molecular weight is 113 g/mol. The Morgan fingerprint density at radius 1 is 1.38 bits per heavy atom. The largest absolute Gasteiger partial charge is 0.313 e. The van der Waals surface area contributed by atoms with Gasteiger partial charge in [0.1, 0.15) is 0 Å². The van der Waals surface area contributed by atoms with Gasteiger partial charge in [0.2, 0.25) is 0 Å². The van der Waals surface area contributed by atoms with Gasteiger partial charge < -0.3 is 5.32 Å². The fraction of sp³-hybridized carbons (Fsp3) is 1.00. The lowest BCUT2D eigenvalue weighted by Crippen LogP contribution is -2.50. The molecule has 1 aliphatic rings. The number of nitrogens with one attached hydrogen (secondary N) is 1. The summed E-state index contributed by atoms with van der Waals surface area (Å²) in [6.07, 6.45) is 1.36. The molecule has 1 N–H and O–H groups in total. The van der Waals surface area contributed by atoms with Gasteiger partial charge in [-0.05, 0) is 18.4 Å². The summed E-state index contributed by atoms with van der Waals surface area (Å²) in [4.78, 5) is 0. The Bertz CT molecular complexity index is 76.9. The number of hydrogen-bond acceptors (Lipinski definition) is 1. The Labute approximate surface area is 51.5 Å². The van der Waals surface area contributed by atoms with Gasteiger partial charge in [0.25, 0.3) is 0 Å². The first-order chi connectivity index (χ1) is 3.61. The molecule has 1 atom stereocenters. The van der Waals surface area contributed by atoms with Crippen molar-refractivity contribution in [1.82, 2.24) is 5.32 Å². The highest BCUT2D eigenvalue weighted by molar-refractivity contribution is 4.87. The van der Waals surface area contributed by atoms with Crippen molar-refractivity contribution in [2.45, 2.75) is 33.2 Å². The lowest BCUT2D eigenvalue weighted by Gasteiger charge is -2.38. The first kappa shape index (κ1) is 6.09. The van der Waals surface area contributed by atoms with Crippen LogP contribution in [0.1, 0.15) is 27.2 Å². The molecule has 1 rings (SSSR count). The molecule has 0 bridgehead atoms. The topological polar surface area (TPSA) is 12.0 Å². The maximum atomic E-state index is 3.39. The summed E-state index contributed by atoms with van der Waals surface area (Å²) >= 11 is 0. The molecule has 0 aliphatic carbocycles. The molecule has 1 heterocycles. The third-order valence-electron chi connectivity index (χ3n) is 1.87. The van der Waals surface area contributed by atoms with E-state index in [1.807, 2.05) is 0 Å². The van der Waals surface area contributed by atoms with Gasteiger partial charge in [-0.15, -0.1) is 0 Å². The summed E-state index contributed by atoms with van der Waals surface area (Å²) in [5.41, 5.74) is 0.484. The van der Waals surface area contributed by atoms with Gasteiger partial charge in [-0.1, -0.05) is 20.8 Å². The predicted molar refractivity (Wildman–Crippen MR) is 35.9 cm³/mol. The molecular weight excluding hydrogens is 98.1 g/mol. The number of hydrogen-bond donors (Lipinski definition) is 1. The molecule has 0 spiro atoms. The van der Waals surface area contributed by atoms with E-state index in [9.17, 15) is 0 Å². The highest BCUT2D eigenvalue weighted by Gasteiger charge is 2.28. The lowest BCUT2D eigenvalue weighted by atomic mass is 9.81. The zero-order valence-corrected chi connectivity index (χ0v) is 5.99. The minimum absolute atomic E-state index is 0.484. The third kappa shape index (κ3) is 1.03. The standard InChI is InChI=1S/C7H15N/c1-7(2,3)6-4-5-8-6/h6,8H,4-5H2,1-3H3/t6-/m1/s1. The highest BCUT2D eigenvalue weighted by Crippen LogP contribution is 2.25. The maximum Gasteiger partial charge on any atom is 0.0128 e. The molecule has 1 fully saturated rings. The zero-order chi connectivity index (χ0) is 6.20. The molecule has 48 valence electrons. The second-order valence-corrected chi connectivity index (χ2v) is 3.66. The van der Waals surface area contributed by atoms with Crippen molar-refractivity contribution in [1.29, 1.82) is 0 Å². The average Bonchev–Trinajstić information content (AvgIpc) is 1.16. The van der Waals surface area contributed by atoms with Crippen LogP contribution >= 0.6 is 0 Å². The Balaban J connectivity index is 2.34. The Kier molecular flexibility index (Phi) is 1.31. The van der Waals surface area contributed by atoms with E-state index < -0.39 is 0 Å². The molecule has 1 nitrogen and oxygen atoms in total. The van der Waals surface area contributed by atoms with E-state index in [2.05, 4.69) is 26.1 Å². The van der Waals surface area contributed by atoms with Crippen molar-refractivity contribution in [3.63, 3.8) is 0 Å². The van der Waals surface area contributed by atoms with Crippen LogP contribution in [0.5, 0.6) is 0 Å². The summed E-state index contributed by atoms with van der Waals surface area (Å²) in [7, 11) is 0. The fourth-order valence-electron chi connectivity index (χ4n) is 1.03. The van der Waals surface area contributed by atoms with Crippen molar-refractivity contribution in [2.24, 2.45) is 5.41 Å². The predicted octanol–water partition coefficient (Wildman–Crippen LogP) is 1.39. The van der Waals surface area contributed by atoms with Crippen LogP contribution < -0.4 is 5.32 Å². The zero-order valence-electron chi connectivity index (χ0n) is 5.99. The van der Waals surface area contributed by atoms with E-state index in [1.165, 1.54) is 13.0 Å². The van der Waals surface area contributed by atoms with E-state index in [4.69, 9.17) is 0 Å². The molecule has 8 heavy (non-hydrogen) atoms. The molecule has 0 aromatic rings. The molecular formula is C7H15N. The quantitative estimate of drug-likeness (QED) is 0.500. The third-order valence-corrected chi connectivity index (χ3v) is 1.87. The van der Waals surface area contributed by atoms with Crippen LogP contribution in [0.3, 0.4) is 0 Å². The van der Waals surface area contributed by atoms with Gasteiger partial charge in [0.05, 0.1) is 0 Å². The minimum atomic E-state index is 0.484. The summed E-state index contributed by atoms with van der Waals surface area (Å²) in [6, 6.07) is 0.780. The van der Waals surface area contributed by atoms with E-state index >= 15 is 0 Å². The molecule has 0 saturated carbocycles. The van der Waals surface area contributed by atoms with Crippen molar-refractivity contribution < 1.29 is 0 Å². The van der Waals surface area contributed by atoms with Crippen LogP contribution in [0.2, 0.25) is 0 Å². The fourth-order valence-corrected chi connectivity index (χ4v) is 1.03. The molecule has 0 amide bonds. The number of rotatable bonds is 0. The highest BCUT2D eigenvalue weighted by atomic mass is 15.0. The van der Waals surface area contributed by atoms with Gasteiger partial charge in [0, 0.05) is 6.04 Å². The summed E-state index contributed by atoms with van der Waals surface area (Å²) in [6.45, 7) is 8.07. The van der Waals surface area contributed by atoms with E-state index in [0.717, 1.165) is 6.04 Å². The monoisotopic (exact) mass is 113 g/mol. The second kappa shape index (κ2) is 1.73. The Morgan fingerprint density at radius 2 is 1.88 bits per heavy atom. The molecule has 1 saturated heterocycles. The smallest absolute Gasteiger partial charge is 0.0128 e. The molecule has 0 unspecified atom stereocenters. The summed E-state index contributed by atoms with van der Waals surface area (Å²) in [5.74, 6) is 0. The molecule has 0 aromatic carbocycles. The molecule has 0 aromatic heterocycles.